The predicted octanol–water partition coefficient (Wildman–Crippen LogP) is 2.95. The van der Waals surface area contributed by atoms with Crippen molar-refractivity contribution in [3.63, 3.8) is 0 Å². The highest BCUT2D eigenvalue weighted by molar-refractivity contribution is 4.84. The van der Waals surface area contributed by atoms with Gasteiger partial charge in [0.05, 0.1) is 0 Å². The van der Waals surface area contributed by atoms with Crippen molar-refractivity contribution in [1.82, 2.24) is 5.32 Å². The summed E-state index contributed by atoms with van der Waals surface area (Å²) in [5, 5.41) is 3.66. The molecule has 1 fully saturated rings. The first-order valence-electron chi connectivity index (χ1n) is 5.50. The SMILES string of the molecule is CCCCC(C)C(C)NC1CC1. The third-order valence-electron chi connectivity index (χ3n) is 2.94. The largest absolute Gasteiger partial charge is 0.311 e. The molecule has 0 bridgehead atoms. The van der Waals surface area contributed by atoms with Gasteiger partial charge in [0.2, 0.25) is 0 Å². The van der Waals surface area contributed by atoms with E-state index in [9.17, 15) is 0 Å². The van der Waals surface area contributed by atoms with Gasteiger partial charge in [0.25, 0.3) is 0 Å². The van der Waals surface area contributed by atoms with Crippen LogP contribution in [-0.2, 0) is 0 Å². The van der Waals surface area contributed by atoms with Crippen LogP contribution in [0.25, 0.3) is 0 Å². The van der Waals surface area contributed by atoms with Gasteiger partial charge < -0.3 is 5.32 Å². The highest BCUT2D eigenvalue weighted by Crippen LogP contribution is 2.22. The summed E-state index contributed by atoms with van der Waals surface area (Å²) >= 11 is 0. The van der Waals surface area contributed by atoms with Crippen LogP contribution in [0.2, 0.25) is 0 Å². The molecular formula is C11H23N. The number of nitrogens with one attached hydrogen (secondary N) is 1. The minimum absolute atomic E-state index is 0.726. The van der Waals surface area contributed by atoms with Gasteiger partial charge in [0, 0.05) is 12.1 Å². The molecule has 0 aromatic rings. The van der Waals surface area contributed by atoms with E-state index < -0.39 is 0 Å². The van der Waals surface area contributed by atoms with Gasteiger partial charge >= 0.3 is 0 Å². The summed E-state index contributed by atoms with van der Waals surface area (Å²) in [7, 11) is 0. The van der Waals surface area contributed by atoms with Crippen LogP contribution in [0.1, 0.15) is 52.9 Å². The van der Waals surface area contributed by atoms with Crippen LogP contribution < -0.4 is 5.32 Å². The zero-order chi connectivity index (χ0) is 8.97. The molecule has 1 aliphatic carbocycles. The van der Waals surface area contributed by atoms with Crippen LogP contribution in [-0.4, -0.2) is 12.1 Å². The van der Waals surface area contributed by atoms with Gasteiger partial charge in [0.15, 0.2) is 0 Å². The average Bonchev–Trinajstić information content (AvgIpc) is 2.83. The van der Waals surface area contributed by atoms with Crippen molar-refractivity contribution >= 4 is 0 Å². The van der Waals surface area contributed by atoms with Gasteiger partial charge in [-0.15, -0.1) is 0 Å². The fourth-order valence-electron chi connectivity index (χ4n) is 1.56. The molecule has 0 heterocycles. The van der Waals surface area contributed by atoms with Crippen molar-refractivity contribution in [1.29, 1.82) is 0 Å². The van der Waals surface area contributed by atoms with E-state index >= 15 is 0 Å². The molecule has 0 aromatic carbocycles. The van der Waals surface area contributed by atoms with E-state index in [1.54, 1.807) is 0 Å². The molecule has 1 N–H and O–H groups in total. The molecule has 0 radical (unpaired) electrons. The summed E-state index contributed by atoms with van der Waals surface area (Å²) in [6.45, 7) is 6.97. The van der Waals surface area contributed by atoms with Crippen LogP contribution in [0.5, 0.6) is 0 Å². The molecule has 1 nitrogen and oxygen atoms in total. The number of rotatable bonds is 6. The molecule has 0 aromatic heterocycles. The van der Waals surface area contributed by atoms with E-state index in [1.165, 1.54) is 32.1 Å². The minimum Gasteiger partial charge on any atom is -0.311 e. The lowest BCUT2D eigenvalue weighted by atomic mass is 9.97. The minimum atomic E-state index is 0.726. The Hall–Kier alpha value is -0.0400. The maximum atomic E-state index is 3.66. The number of unbranched alkanes of at least 4 members (excludes halogenated alkanes) is 1. The molecule has 1 saturated carbocycles. The van der Waals surface area contributed by atoms with E-state index in [2.05, 4.69) is 26.1 Å². The summed E-state index contributed by atoms with van der Waals surface area (Å²) in [5.41, 5.74) is 0. The summed E-state index contributed by atoms with van der Waals surface area (Å²) in [5.74, 6) is 0.852. The Morgan fingerprint density at radius 1 is 1.33 bits per heavy atom. The van der Waals surface area contributed by atoms with Gasteiger partial charge in [-0.3, -0.25) is 0 Å². The summed E-state index contributed by atoms with van der Waals surface area (Å²) < 4.78 is 0. The molecule has 1 aliphatic rings. The van der Waals surface area contributed by atoms with E-state index in [4.69, 9.17) is 0 Å². The van der Waals surface area contributed by atoms with Gasteiger partial charge in [-0.05, 0) is 32.1 Å². The van der Waals surface area contributed by atoms with Crippen LogP contribution >= 0.6 is 0 Å². The Kier molecular flexibility index (Phi) is 4.07. The van der Waals surface area contributed by atoms with Crippen molar-refractivity contribution in [3.8, 4) is 0 Å². The topological polar surface area (TPSA) is 12.0 Å². The summed E-state index contributed by atoms with van der Waals surface area (Å²) in [6.07, 6.45) is 6.92. The number of hydrogen-bond donors (Lipinski definition) is 1. The molecule has 72 valence electrons. The van der Waals surface area contributed by atoms with E-state index in [1.807, 2.05) is 0 Å². The highest BCUT2D eigenvalue weighted by atomic mass is 15.0. The molecular weight excluding hydrogens is 146 g/mol. The first kappa shape index (κ1) is 10.0. The van der Waals surface area contributed by atoms with Crippen LogP contribution in [0, 0.1) is 5.92 Å². The molecule has 2 atom stereocenters. The normalized spacial score (nSPS) is 22.2. The Labute approximate surface area is 76.9 Å². The fourth-order valence-corrected chi connectivity index (χ4v) is 1.56. The van der Waals surface area contributed by atoms with Crippen molar-refractivity contribution in [2.45, 2.75) is 65.0 Å². The smallest absolute Gasteiger partial charge is 0.00708 e. The van der Waals surface area contributed by atoms with Crippen molar-refractivity contribution in [3.05, 3.63) is 0 Å². The third-order valence-corrected chi connectivity index (χ3v) is 2.94. The van der Waals surface area contributed by atoms with E-state index in [0.717, 1.165) is 18.0 Å². The van der Waals surface area contributed by atoms with Gasteiger partial charge in [0.1, 0.15) is 0 Å². The lowest BCUT2D eigenvalue weighted by Crippen LogP contribution is -2.33. The van der Waals surface area contributed by atoms with Crippen molar-refractivity contribution < 1.29 is 0 Å². The molecule has 2 unspecified atom stereocenters. The van der Waals surface area contributed by atoms with Crippen LogP contribution in [0.3, 0.4) is 0 Å². The van der Waals surface area contributed by atoms with Gasteiger partial charge in [-0.1, -0.05) is 26.7 Å². The van der Waals surface area contributed by atoms with Gasteiger partial charge in [-0.25, -0.2) is 0 Å². The monoisotopic (exact) mass is 169 g/mol. The van der Waals surface area contributed by atoms with Crippen molar-refractivity contribution in [2.24, 2.45) is 5.92 Å². The van der Waals surface area contributed by atoms with E-state index in [-0.39, 0.29) is 0 Å². The van der Waals surface area contributed by atoms with Crippen LogP contribution in [0.4, 0.5) is 0 Å². The molecule has 0 spiro atoms. The Balaban J connectivity index is 2.06. The first-order chi connectivity index (χ1) is 5.74. The van der Waals surface area contributed by atoms with E-state index in [0.29, 0.717) is 0 Å². The molecule has 1 heteroatoms. The Morgan fingerprint density at radius 3 is 2.50 bits per heavy atom. The molecule has 12 heavy (non-hydrogen) atoms. The molecule has 0 saturated heterocycles. The second kappa shape index (κ2) is 4.86. The fraction of sp³-hybridized carbons (Fsp3) is 1.00. The average molecular weight is 169 g/mol. The molecule has 0 amide bonds. The molecule has 1 rings (SSSR count). The number of hydrogen-bond acceptors (Lipinski definition) is 1. The molecule has 0 aliphatic heterocycles. The zero-order valence-corrected chi connectivity index (χ0v) is 8.77. The second-order valence-corrected chi connectivity index (χ2v) is 4.35. The Morgan fingerprint density at radius 2 is 2.00 bits per heavy atom. The Bertz CT molecular complexity index is 118. The second-order valence-electron chi connectivity index (χ2n) is 4.35. The quantitative estimate of drug-likeness (QED) is 0.644. The standard InChI is InChI=1S/C11H23N/c1-4-5-6-9(2)10(3)12-11-7-8-11/h9-12H,4-8H2,1-3H3. The lowest BCUT2D eigenvalue weighted by molar-refractivity contribution is 0.368. The first-order valence-corrected chi connectivity index (χ1v) is 5.50. The van der Waals surface area contributed by atoms with Crippen molar-refractivity contribution in [2.75, 3.05) is 0 Å². The lowest BCUT2D eigenvalue weighted by Gasteiger charge is -2.20. The maximum absolute atomic E-state index is 3.66. The predicted molar refractivity (Wildman–Crippen MR) is 54.3 cm³/mol. The summed E-state index contributed by atoms with van der Waals surface area (Å²) in [4.78, 5) is 0. The zero-order valence-electron chi connectivity index (χ0n) is 8.77. The van der Waals surface area contributed by atoms with Gasteiger partial charge in [-0.2, -0.15) is 0 Å². The summed E-state index contributed by atoms with van der Waals surface area (Å²) in [6, 6.07) is 1.59. The maximum Gasteiger partial charge on any atom is 0.00708 e. The highest BCUT2D eigenvalue weighted by Gasteiger charge is 2.24. The third kappa shape index (κ3) is 3.57. The van der Waals surface area contributed by atoms with Crippen LogP contribution in [0.15, 0.2) is 0 Å².